The Hall–Kier alpha value is -1.35. The van der Waals surface area contributed by atoms with Crippen LogP contribution in [0.1, 0.15) is 38.2 Å². The van der Waals surface area contributed by atoms with Crippen molar-refractivity contribution in [2.24, 2.45) is 11.7 Å². The van der Waals surface area contributed by atoms with Crippen molar-refractivity contribution >= 4 is 5.91 Å². The van der Waals surface area contributed by atoms with Gasteiger partial charge in [-0.25, -0.2) is 0 Å². The van der Waals surface area contributed by atoms with Crippen LogP contribution in [0.15, 0.2) is 30.3 Å². The summed E-state index contributed by atoms with van der Waals surface area (Å²) in [6.45, 7) is 5.67. The number of hydrogen-bond donors (Lipinski definition) is 1. The molecule has 104 valence electrons. The Bertz CT molecular complexity index is 416. The zero-order chi connectivity index (χ0) is 13.8. The SMILES string of the molecule is CC(C)CC(=O)N1CC(N)CC(c2ccccc2)C1. The summed E-state index contributed by atoms with van der Waals surface area (Å²) in [6, 6.07) is 10.5. The fraction of sp³-hybridized carbons (Fsp3) is 0.562. The monoisotopic (exact) mass is 260 g/mol. The smallest absolute Gasteiger partial charge is 0.222 e. The van der Waals surface area contributed by atoms with E-state index in [2.05, 4.69) is 38.1 Å². The summed E-state index contributed by atoms with van der Waals surface area (Å²) in [4.78, 5) is 14.2. The molecule has 0 aromatic heterocycles. The Morgan fingerprint density at radius 1 is 1.32 bits per heavy atom. The number of nitrogens with two attached hydrogens (primary N) is 1. The average Bonchev–Trinajstić information content (AvgIpc) is 2.38. The summed E-state index contributed by atoms with van der Waals surface area (Å²) < 4.78 is 0. The van der Waals surface area contributed by atoms with Crippen molar-refractivity contribution in [2.75, 3.05) is 13.1 Å². The van der Waals surface area contributed by atoms with E-state index in [1.807, 2.05) is 11.0 Å². The Kier molecular flexibility index (Phi) is 4.59. The van der Waals surface area contributed by atoms with Crippen LogP contribution in [0, 0.1) is 5.92 Å². The number of likely N-dealkylation sites (tertiary alicyclic amines) is 1. The number of carbonyl (C=O) groups is 1. The molecular formula is C16H24N2O. The number of amides is 1. The first-order chi connectivity index (χ1) is 9.06. The van der Waals surface area contributed by atoms with Gasteiger partial charge in [0.05, 0.1) is 0 Å². The van der Waals surface area contributed by atoms with Crippen LogP contribution in [-0.2, 0) is 4.79 Å². The second-order valence-corrected chi connectivity index (χ2v) is 6.00. The topological polar surface area (TPSA) is 46.3 Å². The molecule has 2 N–H and O–H groups in total. The van der Waals surface area contributed by atoms with Gasteiger partial charge in [0, 0.05) is 31.5 Å². The molecule has 3 heteroatoms. The maximum Gasteiger partial charge on any atom is 0.222 e. The lowest BCUT2D eigenvalue weighted by Crippen LogP contribution is -2.48. The largest absolute Gasteiger partial charge is 0.341 e. The van der Waals surface area contributed by atoms with Crippen LogP contribution in [0.4, 0.5) is 0 Å². The molecule has 1 saturated heterocycles. The molecule has 2 atom stereocenters. The van der Waals surface area contributed by atoms with Gasteiger partial charge < -0.3 is 10.6 Å². The third kappa shape index (κ3) is 3.80. The Morgan fingerprint density at radius 3 is 2.63 bits per heavy atom. The molecule has 0 saturated carbocycles. The van der Waals surface area contributed by atoms with Crippen LogP contribution in [0.5, 0.6) is 0 Å². The highest BCUT2D eigenvalue weighted by Gasteiger charge is 2.28. The molecule has 1 amide bonds. The van der Waals surface area contributed by atoms with Gasteiger partial charge in [0.1, 0.15) is 0 Å². The Morgan fingerprint density at radius 2 is 2.00 bits per heavy atom. The minimum absolute atomic E-state index is 0.0927. The third-order valence-corrected chi connectivity index (χ3v) is 3.69. The normalized spacial score (nSPS) is 23.7. The molecule has 1 aromatic carbocycles. The lowest BCUT2D eigenvalue weighted by molar-refractivity contribution is -0.133. The van der Waals surface area contributed by atoms with E-state index in [1.54, 1.807) is 0 Å². The predicted molar refractivity (Wildman–Crippen MR) is 77.8 cm³/mol. The molecule has 19 heavy (non-hydrogen) atoms. The highest BCUT2D eigenvalue weighted by molar-refractivity contribution is 5.76. The summed E-state index contributed by atoms with van der Waals surface area (Å²) in [7, 11) is 0. The predicted octanol–water partition coefficient (Wildman–Crippen LogP) is 2.38. The average molecular weight is 260 g/mol. The van der Waals surface area contributed by atoms with Crippen molar-refractivity contribution in [1.82, 2.24) is 4.90 Å². The molecule has 3 nitrogen and oxygen atoms in total. The van der Waals surface area contributed by atoms with E-state index >= 15 is 0 Å². The van der Waals surface area contributed by atoms with Gasteiger partial charge in [0.15, 0.2) is 0 Å². The van der Waals surface area contributed by atoms with Crippen LogP contribution in [-0.4, -0.2) is 29.9 Å². The van der Waals surface area contributed by atoms with Crippen molar-refractivity contribution in [2.45, 2.75) is 38.6 Å². The van der Waals surface area contributed by atoms with Gasteiger partial charge in [-0.15, -0.1) is 0 Å². The van der Waals surface area contributed by atoms with Crippen molar-refractivity contribution in [3.8, 4) is 0 Å². The molecule has 2 unspecified atom stereocenters. The van der Waals surface area contributed by atoms with Gasteiger partial charge in [-0.05, 0) is 17.9 Å². The molecule has 2 rings (SSSR count). The van der Waals surface area contributed by atoms with E-state index in [0.717, 1.165) is 13.0 Å². The van der Waals surface area contributed by atoms with Crippen LogP contribution in [0.25, 0.3) is 0 Å². The fourth-order valence-electron chi connectivity index (χ4n) is 2.79. The van der Waals surface area contributed by atoms with Crippen molar-refractivity contribution in [1.29, 1.82) is 0 Å². The highest BCUT2D eigenvalue weighted by atomic mass is 16.2. The zero-order valence-corrected chi connectivity index (χ0v) is 11.9. The van der Waals surface area contributed by atoms with Gasteiger partial charge in [-0.2, -0.15) is 0 Å². The maximum absolute atomic E-state index is 12.2. The third-order valence-electron chi connectivity index (χ3n) is 3.69. The Balaban J connectivity index is 2.06. The maximum atomic E-state index is 12.2. The first-order valence-corrected chi connectivity index (χ1v) is 7.14. The summed E-state index contributed by atoms with van der Waals surface area (Å²) in [5, 5.41) is 0. The molecule has 0 bridgehead atoms. The summed E-state index contributed by atoms with van der Waals surface area (Å²) in [5.41, 5.74) is 7.42. The van der Waals surface area contributed by atoms with E-state index < -0.39 is 0 Å². The lowest BCUT2D eigenvalue weighted by Gasteiger charge is -2.37. The van der Waals surface area contributed by atoms with E-state index in [4.69, 9.17) is 5.73 Å². The number of nitrogens with zero attached hydrogens (tertiary/aromatic N) is 1. The number of benzene rings is 1. The van der Waals surface area contributed by atoms with Crippen LogP contribution in [0.3, 0.4) is 0 Å². The van der Waals surface area contributed by atoms with Gasteiger partial charge in [0.2, 0.25) is 5.91 Å². The first kappa shape index (κ1) is 14.1. The van der Waals surface area contributed by atoms with Gasteiger partial charge in [-0.1, -0.05) is 44.2 Å². The van der Waals surface area contributed by atoms with E-state index in [0.29, 0.717) is 24.8 Å². The number of hydrogen-bond acceptors (Lipinski definition) is 2. The molecule has 1 aliphatic rings. The van der Waals surface area contributed by atoms with Gasteiger partial charge in [-0.3, -0.25) is 4.79 Å². The van der Waals surface area contributed by atoms with Crippen molar-refractivity contribution in [3.63, 3.8) is 0 Å². The van der Waals surface area contributed by atoms with Crippen LogP contribution < -0.4 is 5.73 Å². The minimum Gasteiger partial charge on any atom is -0.341 e. The second-order valence-electron chi connectivity index (χ2n) is 6.00. The minimum atomic E-state index is 0.0927. The molecule has 0 spiro atoms. The molecule has 1 aliphatic heterocycles. The van der Waals surface area contributed by atoms with Crippen molar-refractivity contribution in [3.05, 3.63) is 35.9 Å². The lowest BCUT2D eigenvalue weighted by atomic mass is 9.88. The molecule has 0 aliphatic carbocycles. The zero-order valence-electron chi connectivity index (χ0n) is 11.9. The standard InChI is InChI=1S/C16H24N2O/c1-12(2)8-16(19)18-10-14(9-15(17)11-18)13-6-4-3-5-7-13/h3-7,12,14-15H,8-11,17H2,1-2H3. The molecule has 0 radical (unpaired) electrons. The highest BCUT2D eigenvalue weighted by Crippen LogP contribution is 2.26. The second kappa shape index (κ2) is 6.20. The van der Waals surface area contributed by atoms with E-state index in [1.165, 1.54) is 5.56 Å². The first-order valence-electron chi connectivity index (χ1n) is 7.14. The molecule has 1 aromatic rings. The summed E-state index contributed by atoms with van der Waals surface area (Å²) in [5.74, 6) is 1.02. The molecule has 1 heterocycles. The molecule has 1 fully saturated rings. The van der Waals surface area contributed by atoms with Crippen molar-refractivity contribution < 1.29 is 4.79 Å². The summed E-state index contributed by atoms with van der Waals surface area (Å²) in [6.07, 6.45) is 1.59. The van der Waals surface area contributed by atoms with Gasteiger partial charge in [0.25, 0.3) is 0 Å². The van der Waals surface area contributed by atoms with Gasteiger partial charge >= 0.3 is 0 Å². The van der Waals surface area contributed by atoms with E-state index in [9.17, 15) is 4.79 Å². The number of piperidine rings is 1. The Labute approximate surface area is 115 Å². The van der Waals surface area contributed by atoms with Crippen LogP contribution in [0.2, 0.25) is 0 Å². The summed E-state index contributed by atoms with van der Waals surface area (Å²) >= 11 is 0. The molecular weight excluding hydrogens is 236 g/mol. The quantitative estimate of drug-likeness (QED) is 0.907. The number of carbonyl (C=O) groups excluding carboxylic acids is 1. The number of rotatable bonds is 3. The fourth-order valence-corrected chi connectivity index (χ4v) is 2.79. The van der Waals surface area contributed by atoms with E-state index in [-0.39, 0.29) is 11.9 Å². The van der Waals surface area contributed by atoms with Crippen LogP contribution >= 0.6 is 0 Å².